The molecule has 0 aliphatic carbocycles. The lowest BCUT2D eigenvalue weighted by molar-refractivity contribution is -0.121. The molecule has 0 unspecified atom stereocenters. The summed E-state index contributed by atoms with van der Waals surface area (Å²) in [4.78, 5) is 25.3. The smallest absolute Gasteiger partial charge is 0.407 e. The van der Waals surface area contributed by atoms with Crippen molar-refractivity contribution in [1.29, 1.82) is 0 Å². The molecule has 3 rings (SSSR count). The first-order valence-corrected chi connectivity index (χ1v) is 7.71. The summed E-state index contributed by atoms with van der Waals surface area (Å²) in [7, 11) is 0. The quantitative estimate of drug-likeness (QED) is 0.916. The number of nitrogens with one attached hydrogen (secondary N) is 1. The second-order valence-corrected chi connectivity index (χ2v) is 5.29. The van der Waals surface area contributed by atoms with Crippen LogP contribution in [0.15, 0.2) is 54.6 Å². The normalized spacial score (nSPS) is 13.0. The maximum absolute atomic E-state index is 12.0. The monoisotopic (exact) mass is 326 g/mol. The average molecular weight is 326 g/mol. The van der Waals surface area contributed by atoms with Gasteiger partial charge in [-0.05, 0) is 17.7 Å². The van der Waals surface area contributed by atoms with Crippen LogP contribution in [0.4, 0.5) is 10.5 Å². The van der Waals surface area contributed by atoms with Crippen molar-refractivity contribution in [3.8, 4) is 5.75 Å². The number of carbonyl (C=O) groups is 2. The Hall–Kier alpha value is -3.02. The van der Waals surface area contributed by atoms with E-state index < -0.39 is 6.09 Å². The molecule has 1 N–H and O–H groups in total. The molecule has 124 valence electrons. The Bertz CT molecular complexity index is 718. The number of nitrogens with zero attached hydrogens (tertiary/aromatic N) is 1. The van der Waals surface area contributed by atoms with Crippen molar-refractivity contribution in [2.75, 3.05) is 24.6 Å². The highest BCUT2D eigenvalue weighted by Crippen LogP contribution is 2.30. The van der Waals surface area contributed by atoms with Gasteiger partial charge in [-0.2, -0.15) is 0 Å². The molecule has 0 spiro atoms. The van der Waals surface area contributed by atoms with Gasteiger partial charge in [0.25, 0.3) is 5.91 Å². The maximum atomic E-state index is 12.0. The highest BCUT2D eigenvalue weighted by Gasteiger charge is 2.24. The molecule has 0 aromatic heterocycles. The minimum atomic E-state index is -0.507. The van der Waals surface area contributed by atoms with Crippen LogP contribution in [0.1, 0.15) is 5.56 Å². The minimum Gasteiger partial charge on any atom is -0.482 e. The fraction of sp³-hybridized carbons (Fsp3) is 0.222. The van der Waals surface area contributed by atoms with Gasteiger partial charge in [0.1, 0.15) is 12.4 Å². The number of hydrogen-bond donors (Lipinski definition) is 1. The number of anilines is 1. The molecular weight excluding hydrogens is 308 g/mol. The van der Waals surface area contributed by atoms with Gasteiger partial charge in [0.15, 0.2) is 6.61 Å². The Morgan fingerprint density at radius 3 is 2.71 bits per heavy atom. The van der Waals surface area contributed by atoms with Crippen LogP contribution >= 0.6 is 0 Å². The molecular formula is C18H18N2O4. The van der Waals surface area contributed by atoms with Crippen LogP contribution in [0.25, 0.3) is 0 Å². The van der Waals surface area contributed by atoms with E-state index in [-0.39, 0.29) is 19.1 Å². The first kappa shape index (κ1) is 15.9. The fourth-order valence-electron chi connectivity index (χ4n) is 2.44. The van der Waals surface area contributed by atoms with Crippen molar-refractivity contribution in [1.82, 2.24) is 5.32 Å². The minimum absolute atomic E-state index is 0.00939. The summed E-state index contributed by atoms with van der Waals surface area (Å²) in [6.45, 7) is 0.884. The Labute approximate surface area is 140 Å². The molecule has 6 heteroatoms. The van der Waals surface area contributed by atoms with Gasteiger partial charge in [-0.1, -0.05) is 42.5 Å². The van der Waals surface area contributed by atoms with E-state index in [4.69, 9.17) is 9.47 Å². The molecule has 24 heavy (non-hydrogen) atoms. The summed E-state index contributed by atoms with van der Waals surface area (Å²) in [5.41, 5.74) is 1.64. The lowest BCUT2D eigenvalue weighted by atomic mass is 10.2. The van der Waals surface area contributed by atoms with E-state index >= 15 is 0 Å². The number of amides is 2. The third kappa shape index (κ3) is 3.84. The number of ether oxygens (including phenoxy) is 2. The fourth-order valence-corrected chi connectivity index (χ4v) is 2.44. The van der Waals surface area contributed by atoms with Crippen LogP contribution in [0, 0.1) is 0 Å². The summed E-state index contributed by atoms with van der Waals surface area (Å²) < 4.78 is 10.5. The first-order chi connectivity index (χ1) is 11.7. The summed E-state index contributed by atoms with van der Waals surface area (Å²) in [6, 6.07) is 16.8. The van der Waals surface area contributed by atoms with E-state index in [2.05, 4.69) is 5.32 Å². The van der Waals surface area contributed by atoms with Crippen LogP contribution in [-0.2, 0) is 16.1 Å². The van der Waals surface area contributed by atoms with Crippen molar-refractivity contribution in [2.45, 2.75) is 6.61 Å². The molecule has 2 aromatic carbocycles. The molecule has 0 bridgehead atoms. The molecule has 1 aliphatic heterocycles. The number of carbonyl (C=O) groups excluding carboxylic acids is 2. The van der Waals surface area contributed by atoms with Gasteiger partial charge < -0.3 is 19.7 Å². The van der Waals surface area contributed by atoms with E-state index in [1.165, 1.54) is 0 Å². The third-order valence-corrected chi connectivity index (χ3v) is 3.63. The van der Waals surface area contributed by atoms with Crippen molar-refractivity contribution < 1.29 is 19.1 Å². The standard InChI is InChI=1S/C18H18N2O4/c21-17-13-23-16-9-5-4-8-15(16)20(17)11-10-19-18(22)24-12-14-6-2-1-3-7-14/h1-9H,10-13H2,(H,19,22). The van der Waals surface area contributed by atoms with Crippen LogP contribution in [0.3, 0.4) is 0 Å². The van der Waals surface area contributed by atoms with Gasteiger partial charge in [0.2, 0.25) is 0 Å². The number of fused-ring (bicyclic) bond motifs is 1. The second-order valence-electron chi connectivity index (χ2n) is 5.29. The molecule has 0 saturated carbocycles. The van der Waals surface area contributed by atoms with Crippen molar-refractivity contribution >= 4 is 17.7 Å². The molecule has 0 saturated heterocycles. The predicted molar refractivity (Wildman–Crippen MR) is 88.9 cm³/mol. The van der Waals surface area contributed by atoms with Crippen LogP contribution < -0.4 is 15.0 Å². The zero-order chi connectivity index (χ0) is 16.8. The third-order valence-electron chi connectivity index (χ3n) is 3.63. The number of benzene rings is 2. The van der Waals surface area contributed by atoms with E-state index in [1.54, 1.807) is 4.90 Å². The van der Waals surface area contributed by atoms with E-state index in [0.29, 0.717) is 24.5 Å². The molecule has 2 aromatic rings. The molecule has 2 amide bonds. The SMILES string of the molecule is O=C(NCCN1C(=O)COc2ccccc21)OCc1ccccc1. The first-order valence-electron chi connectivity index (χ1n) is 7.71. The molecule has 0 radical (unpaired) electrons. The summed E-state index contributed by atoms with van der Waals surface area (Å²) in [6.07, 6.45) is -0.507. The van der Waals surface area contributed by atoms with Crippen LogP contribution in [-0.4, -0.2) is 31.7 Å². The van der Waals surface area contributed by atoms with E-state index in [1.807, 2.05) is 54.6 Å². The Balaban J connectivity index is 1.48. The topological polar surface area (TPSA) is 67.9 Å². The summed E-state index contributed by atoms with van der Waals surface area (Å²) >= 11 is 0. The Morgan fingerprint density at radius 1 is 1.12 bits per heavy atom. The van der Waals surface area contributed by atoms with E-state index in [9.17, 15) is 9.59 Å². The number of rotatable bonds is 5. The van der Waals surface area contributed by atoms with Crippen molar-refractivity contribution in [2.24, 2.45) is 0 Å². The molecule has 0 atom stereocenters. The Kier molecular flexibility index (Phi) is 4.96. The molecule has 1 aliphatic rings. The lowest BCUT2D eigenvalue weighted by Crippen LogP contribution is -2.43. The molecule has 6 nitrogen and oxygen atoms in total. The number of para-hydroxylation sites is 2. The lowest BCUT2D eigenvalue weighted by Gasteiger charge is -2.29. The number of alkyl carbamates (subject to hydrolysis) is 1. The van der Waals surface area contributed by atoms with Gasteiger partial charge >= 0.3 is 6.09 Å². The maximum Gasteiger partial charge on any atom is 0.407 e. The highest BCUT2D eigenvalue weighted by atomic mass is 16.5. The zero-order valence-electron chi connectivity index (χ0n) is 13.1. The van der Waals surface area contributed by atoms with Gasteiger partial charge in [0, 0.05) is 13.1 Å². The Morgan fingerprint density at radius 2 is 1.88 bits per heavy atom. The van der Waals surface area contributed by atoms with Gasteiger partial charge in [-0.25, -0.2) is 4.79 Å². The molecule has 0 fully saturated rings. The summed E-state index contributed by atoms with van der Waals surface area (Å²) in [5, 5.41) is 2.66. The van der Waals surface area contributed by atoms with Crippen LogP contribution in [0.5, 0.6) is 5.75 Å². The van der Waals surface area contributed by atoms with Gasteiger partial charge in [-0.3, -0.25) is 4.79 Å². The largest absolute Gasteiger partial charge is 0.482 e. The second kappa shape index (κ2) is 7.50. The van der Waals surface area contributed by atoms with Crippen LogP contribution in [0.2, 0.25) is 0 Å². The summed E-state index contributed by atoms with van der Waals surface area (Å²) in [5.74, 6) is 0.539. The zero-order valence-corrected chi connectivity index (χ0v) is 13.1. The molecule has 1 heterocycles. The van der Waals surface area contributed by atoms with Crippen molar-refractivity contribution in [3.05, 3.63) is 60.2 Å². The average Bonchev–Trinajstić information content (AvgIpc) is 2.63. The van der Waals surface area contributed by atoms with Gasteiger partial charge in [0.05, 0.1) is 5.69 Å². The van der Waals surface area contributed by atoms with E-state index in [0.717, 1.165) is 5.56 Å². The number of hydrogen-bond acceptors (Lipinski definition) is 4. The van der Waals surface area contributed by atoms with Crippen molar-refractivity contribution in [3.63, 3.8) is 0 Å². The highest BCUT2D eigenvalue weighted by molar-refractivity contribution is 5.97. The predicted octanol–water partition coefficient (Wildman–Crippen LogP) is 2.34. The van der Waals surface area contributed by atoms with Gasteiger partial charge in [-0.15, -0.1) is 0 Å².